The number of benzene rings is 1. The Morgan fingerprint density at radius 2 is 1.94 bits per heavy atom. The third-order valence-corrected chi connectivity index (χ3v) is 6.35. The molecule has 0 atom stereocenters. The molecule has 0 unspecified atom stereocenters. The monoisotopic (exact) mass is 477 g/mol. The van der Waals surface area contributed by atoms with Gasteiger partial charge in [-0.3, -0.25) is 9.36 Å². The van der Waals surface area contributed by atoms with E-state index < -0.39 is 11.4 Å². The fourth-order valence-corrected chi connectivity index (χ4v) is 4.30. The minimum atomic E-state index is -0.697. The highest BCUT2D eigenvalue weighted by molar-refractivity contribution is 6.32. The number of ether oxygens (including phenoxy) is 1. The fraction of sp³-hybridized carbons (Fsp3) is 0.565. The van der Waals surface area contributed by atoms with Gasteiger partial charge >= 0.3 is 11.4 Å². The predicted octanol–water partition coefficient (Wildman–Crippen LogP) is 3.16. The fourth-order valence-electron chi connectivity index (χ4n) is 4.07. The van der Waals surface area contributed by atoms with Crippen LogP contribution in [0.1, 0.15) is 46.0 Å². The zero-order chi connectivity index (χ0) is 24.0. The van der Waals surface area contributed by atoms with E-state index in [2.05, 4.69) is 22.5 Å². The number of nitrogens with one attached hydrogen (secondary N) is 2. The largest absolute Gasteiger partial charge is 0.492 e. The van der Waals surface area contributed by atoms with Crippen LogP contribution in [0.25, 0.3) is 0 Å². The van der Waals surface area contributed by atoms with Gasteiger partial charge in [0.25, 0.3) is 0 Å². The van der Waals surface area contributed by atoms with Gasteiger partial charge in [-0.05, 0) is 49.8 Å². The number of hydrogen-bond acceptors (Lipinski definition) is 6. The van der Waals surface area contributed by atoms with Crippen LogP contribution in [0.3, 0.4) is 0 Å². The van der Waals surface area contributed by atoms with Crippen molar-refractivity contribution in [3.8, 4) is 5.75 Å². The molecule has 3 rings (SSSR count). The van der Waals surface area contributed by atoms with Gasteiger partial charge in [0.05, 0.1) is 11.6 Å². The van der Waals surface area contributed by atoms with E-state index in [4.69, 9.17) is 16.3 Å². The number of amides is 1. The zero-order valence-electron chi connectivity index (χ0n) is 19.4. The van der Waals surface area contributed by atoms with E-state index in [1.165, 1.54) is 11.6 Å². The average Bonchev–Trinajstić information content (AvgIpc) is 2.79. The Balaban J connectivity index is 1.95. The quantitative estimate of drug-likeness (QED) is 0.574. The van der Waals surface area contributed by atoms with Crippen molar-refractivity contribution in [1.29, 1.82) is 0 Å². The van der Waals surface area contributed by atoms with Gasteiger partial charge in [-0.15, -0.1) is 0 Å². The second kappa shape index (κ2) is 11.4. The van der Waals surface area contributed by atoms with Gasteiger partial charge in [0, 0.05) is 32.2 Å². The summed E-state index contributed by atoms with van der Waals surface area (Å²) in [6, 6.07) is 5.15. The van der Waals surface area contributed by atoms with Crippen molar-refractivity contribution >= 4 is 29.1 Å². The molecule has 0 saturated heterocycles. The lowest BCUT2D eigenvalue weighted by molar-refractivity contribution is -0.120. The molecule has 0 bridgehead atoms. The Bertz CT molecular complexity index is 1090. The number of anilines is 2. The highest BCUT2D eigenvalue weighted by Crippen LogP contribution is 2.31. The third kappa shape index (κ3) is 6.37. The highest BCUT2D eigenvalue weighted by Gasteiger charge is 2.22. The SMILES string of the molecule is CCOc1ccc(Nc2nc(=O)n(CCC(=O)NC)c(=O)n2CC2CCC(C)CC2)cc1Cl. The van der Waals surface area contributed by atoms with Gasteiger partial charge in [0.2, 0.25) is 11.9 Å². The Hall–Kier alpha value is -2.81. The van der Waals surface area contributed by atoms with E-state index in [9.17, 15) is 14.4 Å². The van der Waals surface area contributed by atoms with Crippen molar-refractivity contribution < 1.29 is 9.53 Å². The first-order valence-electron chi connectivity index (χ1n) is 11.4. The first-order chi connectivity index (χ1) is 15.8. The number of aromatic nitrogens is 3. The average molecular weight is 478 g/mol. The van der Waals surface area contributed by atoms with Gasteiger partial charge in [0.15, 0.2) is 0 Å². The maximum absolute atomic E-state index is 13.3. The molecule has 9 nitrogen and oxygen atoms in total. The summed E-state index contributed by atoms with van der Waals surface area (Å²) in [5, 5.41) is 6.00. The van der Waals surface area contributed by atoms with Gasteiger partial charge in [-0.25, -0.2) is 14.2 Å². The predicted molar refractivity (Wildman–Crippen MR) is 128 cm³/mol. The maximum Gasteiger partial charge on any atom is 0.354 e. The van der Waals surface area contributed by atoms with Crippen molar-refractivity contribution in [2.24, 2.45) is 11.8 Å². The van der Waals surface area contributed by atoms with Crippen molar-refractivity contribution in [2.75, 3.05) is 19.0 Å². The van der Waals surface area contributed by atoms with Crippen LogP contribution in [0, 0.1) is 11.8 Å². The summed E-state index contributed by atoms with van der Waals surface area (Å²) >= 11 is 6.30. The maximum atomic E-state index is 13.3. The molecule has 1 aromatic carbocycles. The second-order valence-electron chi connectivity index (χ2n) is 8.52. The molecular weight excluding hydrogens is 446 g/mol. The van der Waals surface area contributed by atoms with Crippen molar-refractivity contribution in [3.63, 3.8) is 0 Å². The van der Waals surface area contributed by atoms with Crippen LogP contribution in [-0.4, -0.2) is 33.7 Å². The standard InChI is InChI=1S/C23H32ClN5O4/c1-4-33-19-10-9-17(13-18(19)24)26-21-27-22(31)28(12-11-20(30)25-3)23(32)29(21)14-16-7-5-15(2)6-8-16/h9-10,13,15-16H,4-8,11-12,14H2,1-3H3,(H,25,30)(H,26,27,31). The molecule has 1 fully saturated rings. The van der Waals surface area contributed by atoms with Crippen LogP contribution in [0.5, 0.6) is 5.75 Å². The minimum Gasteiger partial charge on any atom is -0.492 e. The van der Waals surface area contributed by atoms with Gasteiger partial charge in [-0.2, -0.15) is 4.98 Å². The summed E-state index contributed by atoms with van der Waals surface area (Å²) in [5.74, 6) is 1.47. The number of rotatable bonds is 9. The van der Waals surface area contributed by atoms with E-state index in [-0.39, 0.29) is 24.8 Å². The molecule has 0 radical (unpaired) electrons. The molecule has 0 aliphatic heterocycles. The molecule has 1 aliphatic carbocycles. The number of nitrogens with zero attached hydrogens (tertiary/aromatic N) is 3. The van der Waals surface area contributed by atoms with Gasteiger partial charge < -0.3 is 15.4 Å². The third-order valence-electron chi connectivity index (χ3n) is 6.06. The van der Waals surface area contributed by atoms with Crippen LogP contribution < -0.4 is 26.7 Å². The topological polar surface area (TPSA) is 107 Å². The van der Waals surface area contributed by atoms with Crippen molar-refractivity contribution in [3.05, 3.63) is 44.2 Å². The van der Waals surface area contributed by atoms with Crippen LogP contribution in [0.4, 0.5) is 11.6 Å². The normalized spacial score (nSPS) is 18.1. The first kappa shape index (κ1) is 24.8. The number of hydrogen-bond donors (Lipinski definition) is 2. The van der Waals surface area contributed by atoms with Crippen molar-refractivity contribution in [1.82, 2.24) is 19.4 Å². The zero-order valence-corrected chi connectivity index (χ0v) is 20.2. The molecule has 180 valence electrons. The molecule has 1 aliphatic rings. The number of carbonyl (C=O) groups is 1. The molecule has 1 heterocycles. The molecule has 0 spiro atoms. The summed E-state index contributed by atoms with van der Waals surface area (Å²) in [5.41, 5.74) is -0.585. The Labute approximate surface area is 198 Å². The summed E-state index contributed by atoms with van der Waals surface area (Å²) in [6.07, 6.45) is 4.27. The lowest BCUT2D eigenvalue weighted by Crippen LogP contribution is -2.44. The van der Waals surface area contributed by atoms with E-state index in [0.29, 0.717) is 41.4 Å². The minimum absolute atomic E-state index is 0.0234. The van der Waals surface area contributed by atoms with E-state index in [0.717, 1.165) is 30.3 Å². The Morgan fingerprint density at radius 1 is 1.21 bits per heavy atom. The first-order valence-corrected chi connectivity index (χ1v) is 11.8. The summed E-state index contributed by atoms with van der Waals surface area (Å²) in [7, 11) is 1.51. The molecule has 1 amide bonds. The second-order valence-corrected chi connectivity index (χ2v) is 8.92. The highest BCUT2D eigenvalue weighted by atomic mass is 35.5. The van der Waals surface area contributed by atoms with Crippen LogP contribution in [-0.2, 0) is 17.9 Å². The van der Waals surface area contributed by atoms with E-state index in [1.54, 1.807) is 18.2 Å². The summed E-state index contributed by atoms with van der Waals surface area (Å²) in [6.45, 7) is 5.02. The number of halogens is 1. The Kier molecular flexibility index (Phi) is 8.55. The number of carbonyl (C=O) groups excluding carboxylic acids is 1. The molecule has 33 heavy (non-hydrogen) atoms. The summed E-state index contributed by atoms with van der Waals surface area (Å²) < 4.78 is 8.00. The molecule has 1 saturated carbocycles. The van der Waals surface area contributed by atoms with Gasteiger partial charge in [-0.1, -0.05) is 31.4 Å². The molecule has 2 N–H and O–H groups in total. The van der Waals surface area contributed by atoms with E-state index >= 15 is 0 Å². The van der Waals surface area contributed by atoms with Gasteiger partial charge in [0.1, 0.15) is 5.75 Å². The molecule has 1 aromatic heterocycles. The molecular formula is C23H32ClN5O4. The smallest absolute Gasteiger partial charge is 0.354 e. The van der Waals surface area contributed by atoms with Crippen LogP contribution in [0.15, 0.2) is 27.8 Å². The Morgan fingerprint density at radius 3 is 2.58 bits per heavy atom. The summed E-state index contributed by atoms with van der Waals surface area (Å²) in [4.78, 5) is 41.8. The molecule has 2 aromatic rings. The van der Waals surface area contributed by atoms with Crippen molar-refractivity contribution in [2.45, 2.75) is 59.0 Å². The van der Waals surface area contributed by atoms with E-state index in [1.807, 2.05) is 6.92 Å². The lowest BCUT2D eigenvalue weighted by Gasteiger charge is -2.27. The lowest BCUT2D eigenvalue weighted by atomic mass is 9.83. The van der Waals surface area contributed by atoms with Crippen LogP contribution >= 0.6 is 11.6 Å². The van der Waals surface area contributed by atoms with Crippen LogP contribution in [0.2, 0.25) is 5.02 Å². The molecule has 10 heteroatoms.